The number of ether oxygens (including phenoxy) is 3. The zero-order valence-corrected chi connectivity index (χ0v) is 14.5. The molecule has 0 radical (unpaired) electrons. The van der Waals surface area contributed by atoms with Gasteiger partial charge >= 0.3 is 12.1 Å². The Hall–Kier alpha value is -2.38. The summed E-state index contributed by atoms with van der Waals surface area (Å²) in [5.74, 6) is -1.04. The Morgan fingerprint density at radius 1 is 1.23 bits per heavy atom. The van der Waals surface area contributed by atoms with Crippen LogP contribution in [0.1, 0.15) is 24.8 Å². The minimum Gasteiger partial charge on any atom is -0.478 e. The molecule has 7 nitrogen and oxygen atoms in total. The number of carboxylic acids is 1. The quantitative estimate of drug-likeness (QED) is 0.838. The molecule has 1 aromatic carbocycles. The summed E-state index contributed by atoms with van der Waals surface area (Å²) >= 11 is 0. The predicted molar refractivity (Wildman–Crippen MR) is 92.4 cm³/mol. The van der Waals surface area contributed by atoms with Gasteiger partial charge in [-0.25, -0.2) is 9.59 Å². The highest BCUT2D eigenvalue weighted by Gasteiger charge is 2.33. The second kappa shape index (κ2) is 8.82. The number of aliphatic carboxylic acids is 1. The molecule has 0 bridgehead atoms. The molecule has 26 heavy (non-hydrogen) atoms. The van der Waals surface area contributed by atoms with E-state index in [0.717, 1.165) is 24.8 Å². The highest BCUT2D eigenvalue weighted by Crippen LogP contribution is 2.21. The van der Waals surface area contributed by atoms with Gasteiger partial charge in [-0.05, 0) is 30.9 Å². The lowest BCUT2D eigenvalue weighted by Gasteiger charge is -2.27. The third-order valence-corrected chi connectivity index (χ3v) is 4.44. The maximum atomic E-state index is 12.4. The molecule has 1 saturated heterocycles. The van der Waals surface area contributed by atoms with Crippen LogP contribution >= 0.6 is 0 Å². The van der Waals surface area contributed by atoms with E-state index in [1.54, 1.807) is 6.08 Å². The standard InChI is InChI=1S/C19H23NO6/c21-18(22)15-10-16(13-25-17-8-4-5-9-24-17)20(11-15)19(23)26-12-14-6-2-1-3-7-14/h1-3,6-7,10,16-17H,4-5,8-9,11-13H2,(H,21,22). The van der Waals surface area contributed by atoms with Crippen LogP contribution in [0.4, 0.5) is 4.79 Å². The number of carbonyl (C=O) groups is 2. The fraction of sp³-hybridized carbons (Fsp3) is 0.474. The Labute approximate surface area is 152 Å². The van der Waals surface area contributed by atoms with Gasteiger partial charge in [0.25, 0.3) is 0 Å². The molecule has 7 heteroatoms. The Morgan fingerprint density at radius 2 is 2.04 bits per heavy atom. The lowest BCUT2D eigenvalue weighted by molar-refractivity contribution is -0.166. The second-order valence-corrected chi connectivity index (χ2v) is 6.36. The van der Waals surface area contributed by atoms with Crippen molar-refractivity contribution in [2.45, 2.75) is 38.2 Å². The zero-order chi connectivity index (χ0) is 18.4. The first-order chi connectivity index (χ1) is 12.6. The lowest BCUT2D eigenvalue weighted by atomic mass is 10.2. The van der Waals surface area contributed by atoms with Crippen molar-refractivity contribution in [3.05, 3.63) is 47.5 Å². The molecule has 140 valence electrons. The number of hydrogen-bond acceptors (Lipinski definition) is 5. The highest BCUT2D eigenvalue weighted by molar-refractivity contribution is 5.89. The molecule has 0 saturated carbocycles. The van der Waals surface area contributed by atoms with Gasteiger partial charge in [0.15, 0.2) is 6.29 Å². The number of carboxylic acid groups (broad SMARTS) is 1. The van der Waals surface area contributed by atoms with Crippen LogP contribution in [0.3, 0.4) is 0 Å². The summed E-state index contributed by atoms with van der Waals surface area (Å²) in [6.45, 7) is 0.983. The Kier molecular flexibility index (Phi) is 6.25. The molecule has 1 N–H and O–H groups in total. The summed E-state index contributed by atoms with van der Waals surface area (Å²) in [5.41, 5.74) is 1.04. The molecule has 3 rings (SSSR count). The number of benzene rings is 1. The van der Waals surface area contributed by atoms with E-state index in [4.69, 9.17) is 14.2 Å². The summed E-state index contributed by atoms with van der Waals surface area (Å²) in [7, 11) is 0. The van der Waals surface area contributed by atoms with Crippen LogP contribution < -0.4 is 0 Å². The van der Waals surface area contributed by atoms with Gasteiger partial charge in [-0.15, -0.1) is 0 Å². The molecule has 2 heterocycles. The SMILES string of the molecule is O=C(O)C1=CC(COC2CCCCO2)N(C(=O)OCc2ccccc2)C1. The number of nitrogens with zero attached hydrogens (tertiary/aromatic N) is 1. The van der Waals surface area contributed by atoms with Crippen LogP contribution in [0.5, 0.6) is 0 Å². The topological polar surface area (TPSA) is 85.3 Å². The van der Waals surface area contributed by atoms with Crippen LogP contribution in [0.15, 0.2) is 42.0 Å². The maximum absolute atomic E-state index is 12.4. The van der Waals surface area contributed by atoms with E-state index in [2.05, 4.69) is 0 Å². The zero-order valence-electron chi connectivity index (χ0n) is 14.5. The van der Waals surface area contributed by atoms with Gasteiger partial charge < -0.3 is 19.3 Å². The van der Waals surface area contributed by atoms with Crippen molar-refractivity contribution in [1.29, 1.82) is 0 Å². The molecule has 2 aliphatic rings. The smallest absolute Gasteiger partial charge is 0.410 e. The van der Waals surface area contributed by atoms with Gasteiger partial charge in [-0.1, -0.05) is 30.3 Å². The van der Waals surface area contributed by atoms with Crippen molar-refractivity contribution in [2.24, 2.45) is 0 Å². The molecular formula is C19H23NO6. The van der Waals surface area contributed by atoms with Crippen LogP contribution in [0, 0.1) is 0 Å². The minimum atomic E-state index is -1.04. The molecule has 1 aromatic rings. The van der Waals surface area contributed by atoms with Gasteiger partial charge in [0.2, 0.25) is 0 Å². The van der Waals surface area contributed by atoms with Gasteiger partial charge in [0.1, 0.15) is 6.61 Å². The van der Waals surface area contributed by atoms with Crippen LogP contribution in [-0.4, -0.2) is 54.2 Å². The Morgan fingerprint density at radius 3 is 2.73 bits per heavy atom. The number of carbonyl (C=O) groups excluding carboxylic acids is 1. The van der Waals surface area contributed by atoms with Crippen LogP contribution in [-0.2, 0) is 25.6 Å². The molecule has 0 aliphatic carbocycles. The van der Waals surface area contributed by atoms with Crippen molar-refractivity contribution < 1.29 is 28.9 Å². The van der Waals surface area contributed by atoms with E-state index in [1.807, 2.05) is 30.3 Å². The summed E-state index contributed by atoms with van der Waals surface area (Å²) in [6, 6.07) is 8.86. The van der Waals surface area contributed by atoms with E-state index < -0.39 is 18.1 Å². The van der Waals surface area contributed by atoms with E-state index in [1.165, 1.54) is 4.90 Å². The molecule has 2 atom stereocenters. The van der Waals surface area contributed by atoms with Gasteiger partial charge in [0, 0.05) is 6.61 Å². The summed E-state index contributed by atoms with van der Waals surface area (Å²) in [6.07, 6.45) is 3.56. The molecule has 0 spiro atoms. The van der Waals surface area contributed by atoms with Gasteiger partial charge in [0.05, 0.1) is 24.8 Å². The molecule has 2 aliphatic heterocycles. The van der Waals surface area contributed by atoms with Crippen molar-refractivity contribution in [3.8, 4) is 0 Å². The highest BCUT2D eigenvalue weighted by atomic mass is 16.7. The number of amides is 1. The first kappa shape index (κ1) is 18.4. The molecular weight excluding hydrogens is 338 g/mol. The monoisotopic (exact) mass is 361 g/mol. The van der Waals surface area contributed by atoms with Crippen molar-refractivity contribution in [2.75, 3.05) is 19.8 Å². The Balaban J connectivity index is 1.57. The van der Waals surface area contributed by atoms with Gasteiger partial charge in [-0.2, -0.15) is 0 Å². The van der Waals surface area contributed by atoms with E-state index in [-0.39, 0.29) is 31.6 Å². The van der Waals surface area contributed by atoms with Crippen molar-refractivity contribution in [1.82, 2.24) is 4.90 Å². The molecule has 0 aromatic heterocycles. The molecule has 1 amide bonds. The van der Waals surface area contributed by atoms with Crippen LogP contribution in [0.25, 0.3) is 0 Å². The van der Waals surface area contributed by atoms with Crippen molar-refractivity contribution in [3.63, 3.8) is 0 Å². The fourth-order valence-electron chi connectivity index (χ4n) is 3.00. The van der Waals surface area contributed by atoms with E-state index in [0.29, 0.717) is 6.61 Å². The number of rotatable bonds is 6. The normalized spacial score (nSPS) is 22.8. The third kappa shape index (κ3) is 4.83. The fourth-order valence-corrected chi connectivity index (χ4v) is 3.00. The minimum absolute atomic E-state index is 0.00249. The summed E-state index contributed by atoms with van der Waals surface area (Å²) in [4.78, 5) is 25.1. The largest absolute Gasteiger partial charge is 0.478 e. The van der Waals surface area contributed by atoms with Crippen LogP contribution in [0.2, 0.25) is 0 Å². The Bertz CT molecular complexity index is 653. The molecule has 1 fully saturated rings. The second-order valence-electron chi connectivity index (χ2n) is 6.36. The molecule has 2 unspecified atom stereocenters. The third-order valence-electron chi connectivity index (χ3n) is 4.44. The first-order valence-corrected chi connectivity index (χ1v) is 8.78. The summed E-state index contributed by atoms with van der Waals surface area (Å²) in [5, 5.41) is 9.24. The lowest BCUT2D eigenvalue weighted by Crippen LogP contribution is -2.40. The van der Waals surface area contributed by atoms with E-state index >= 15 is 0 Å². The van der Waals surface area contributed by atoms with Crippen molar-refractivity contribution >= 4 is 12.1 Å². The summed E-state index contributed by atoms with van der Waals surface area (Å²) < 4.78 is 16.6. The maximum Gasteiger partial charge on any atom is 0.410 e. The first-order valence-electron chi connectivity index (χ1n) is 8.78. The van der Waals surface area contributed by atoms with Gasteiger partial charge in [-0.3, -0.25) is 4.90 Å². The van der Waals surface area contributed by atoms with E-state index in [9.17, 15) is 14.7 Å². The predicted octanol–water partition coefficient (Wildman–Crippen LogP) is 2.56. The number of hydrogen-bond donors (Lipinski definition) is 1. The average molecular weight is 361 g/mol. The average Bonchev–Trinajstić information content (AvgIpc) is 3.11.